The third-order valence-electron chi connectivity index (χ3n) is 2.25. The monoisotopic (exact) mass is 220 g/mol. The Labute approximate surface area is 95.0 Å². The van der Waals surface area contributed by atoms with Crippen LogP contribution in [0, 0.1) is 0 Å². The molecule has 0 spiro atoms. The maximum absolute atomic E-state index is 11.3. The van der Waals surface area contributed by atoms with E-state index >= 15 is 0 Å². The summed E-state index contributed by atoms with van der Waals surface area (Å²) < 4.78 is 0. The highest BCUT2D eigenvalue weighted by atomic mass is 16.2. The van der Waals surface area contributed by atoms with Crippen molar-refractivity contribution in [1.29, 1.82) is 0 Å². The maximum atomic E-state index is 11.3. The van der Waals surface area contributed by atoms with E-state index in [1.54, 1.807) is 7.05 Å². The van der Waals surface area contributed by atoms with E-state index < -0.39 is 0 Å². The van der Waals surface area contributed by atoms with Crippen molar-refractivity contribution in [2.45, 2.75) is 19.4 Å². The molecule has 0 heterocycles. The van der Waals surface area contributed by atoms with Crippen LogP contribution in [0.2, 0.25) is 0 Å². The number of hydrogen-bond donors (Lipinski definition) is 2. The molecule has 0 bridgehead atoms. The SMILES string of the molecule is CNC(=O)CC(NC(C)=O)c1ccccc1. The normalized spacial score (nSPS) is 11.6. The zero-order chi connectivity index (χ0) is 12.0. The van der Waals surface area contributed by atoms with Crippen molar-refractivity contribution < 1.29 is 9.59 Å². The molecule has 4 heteroatoms. The molecule has 0 radical (unpaired) electrons. The number of rotatable bonds is 4. The Bertz CT molecular complexity index is 363. The molecule has 1 unspecified atom stereocenters. The quantitative estimate of drug-likeness (QED) is 0.795. The molecule has 86 valence electrons. The molecule has 1 rings (SSSR count). The Morgan fingerprint density at radius 1 is 1.25 bits per heavy atom. The second-order valence-electron chi connectivity index (χ2n) is 3.54. The summed E-state index contributed by atoms with van der Waals surface area (Å²) in [6, 6.07) is 9.18. The van der Waals surface area contributed by atoms with Crippen LogP contribution in [-0.2, 0) is 9.59 Å². The minimum atomic E-state index is -0.265. The van der Waals surface area contributed by atoms with E-state index in [1.807, 2.05) is 30.3 Å². The van der Waals surface area contributed by atoms with Crippen molar-refractivity contribution in [1.82, 2.24) is 10.6 Å². The second kappa shape index (κ2) is 5.90. The number of hydrogen-bond acceptors (Lipinski definition) is 2. The van der Waals surface area contributed by atoms with E-state index in [-0.39, 0.29) is 24.3 Å². The van der Waals surface area contributed by atoms with Gasteiger partial charge in [0.2, 0.25) is 11.8 Å². The lowest BCUT2D eigenvalue weighted by atomic mass is 10.0. The van der Waals surface area contributed by atoms with Gasteiger partial charge in [-0.15, -0.1) is 0 Å². The molecule has 0 aliphatic rings. The number of carbonyl (C=O) groups excluding carboxylic acids is 2. The van der Waals surface area contributed by atoms with E-state index in [9.17, 15) is 9.59 Å². The highest BCUT2D eigenvalue weighted by molar-refractivity contribution is 5.78. The van der Waals surface area contributed by atoms with Gasteiger partial charge in [0, 0.05) is 14.0 Å². The first-order valence-electron chi connectivity index (χ1n) is 5.16. The van der Waals surface area contributed by atoms with Gasteiger partial charge in [0.05, 0.1) is 12.5 Å². The molecule has 0 aliphatic heterocycles. The van der Waals surface area contributed by atoms with E-state index in [0.29, 0.717) is 0 Å². The molecule has 1 aromatic rings. The molecule has 2 N–H and O–H groups in total. The Morgan fingerprint density at radius 3 is 2.38 bits per heavy atom. The highest BCUT2D eigenvalue weighted by Gasteiger charge is 2.15. The predicted molar refractivity (Wildman–Crippen MR) is 61.7 cm³/mol. The molecular formula is C12H16N2O2. The van der Waals surface area contributed by atoms with E-state index in [1.165, 1.54) is 6.92 Å². The van der Waals surface area contributed by atoms with Gasteiger partial charge >= 0.3 is 0 Å². The van der Waals surface area contributed by atoms with Gasteiger partial charge in [0.15, 0.2) is 0 Å². The van der Waals surface area contributed by atoms with Crippen LogP contribution >= 0.6 is 0 Å². The minimum Gasteiger partial charge on any atom is -0.359 e. The first kappa shape index (κ1) is 12.2. The average Bonchev–Trinajstić information content (AvgIpc) is 2.28. The second-order valence-corrected chi connectivity index (χ2v) is 3.54. The lowest BCUT2D eigenvalue weighted by molar-refractivity contribution is -0.122. The third kappa shape index (κ3) is 3.73. The highest BCUT2D eigenvalue weighted by Crippen LogP contribution is 2.16. The Hall–Kier alpha value is -1.84. The molecule has 4 nitrogen and oxygen atoms in total. The van der Waals surface area contributed by atoms with E-state index in [0.717, 1.165) is 5.56 Å². The van der Waals surface area contributed by atoms with Crippen molar-refractivity contribution in [3.63, 3.8) is 0 Å². The minimum absolute atomic E-state index is 0.0948. The van der Waals surface area contributed by atoms with Crippen LogP contribution in [0.5, 0.6) is 0 Å². The first-order valence-corrected chi connectivity index (χ1v) is 5.16. The van der Waals surface area contributed by atoms with Crippen LogP contribution in [0.4, 0.5) is 0 Å². The molecule has 0 saturated heterocycles. The number of amides is 2. The van der Waals surface area contributed by atoms with Gasteiger partial charge < -0.3 is 10.6 Å². The lowest BCUT2D eigenvalue weighted by Crippen LogP contribution is -2.31. The van der Waals surface area contributed by atoms with E-state index in [2.05, 4.69) is 10.6 Å². The van der Waals surface area contributed by atoms with Gasteiger partial charge in [0.25, 0.3) is 0 Å². The molecule has 1 atom stereocenters. The maximum Gasteiger partial charge on any atom is 0.222 e. The average molecular weight is 220 g/mol. The van der Waals surface area contributed by atoms with Crippen molar-refractivity contribution >= 4 is 11.8 Å². The molecule has 0 fully saturated rings. The molecule has 0 saturated carbocycles. The molecule has 1 aromatic carbocycles. The summed E-state index contributed by atoms with van der Waals surface area (Å²) in [4.78, 5) is 22.4. The van der Waals surface area contributed by atoms with Crippen molar-refractivity contribution in [3.8, 4) is 0 Å². The molecule has 0 aromatic heterocycles. The summed E-state index contributed by atoms with van der Waals surface area (Å²) in [5, 5.41) is 5.31. The van der Waals surface area contributed by atoms with Crippen molar-refractivity contribution in [2.24, 2.45) is 0 Å². The zero-order valence-corrected chi connectivity index (χ0v) is 9.49. The zero-order valence-electron chi connectivity index (χ0n) is 9.49. The Balaban J connectivity index is 2.79. The molecule has 2 amide bonds. The summed E-state index contributed by atoms with van der Waals surface area (Å²) in [5.41, 5.74) is 0.932. The first-order chi connectivity index (χ1) is 7.63. The van der Waals surface area contributed by atoms with E-state index in [4.69, 9.17) is 0 Å². The van der Waals surface area contributed by atoms with Gasteiger partial charge in [0.1, 0.15) is 0 Å². The number of benzene rings is 1. The van der Waals surface area contributed by atoms with Crippen LogP contribution in [0.3, 0.4) is 0 Å². The van der Waals surface area contributed by atoms with Crippen LogP contribution in [-0.4, -0.2) is 18.9 Å². The number of nitrogens with one attached hydrogen (secondary N) is 2. The lowest BCUT2D eigenvalue weighted by Gasteiger charge is -2.17. The largest absolute Gasteiger partial charge is 0.359 e. The fraction of sp³-hybridized carbons (Fsp3) is 0.333. The summed E-state index contributed by atoms with van der Waals surface area (Å²) in [6.45, 7) is 1.44. The van der Waals surface area contributed by atoms with Crippen LogP contribution in [0.25, 0.3) is 0 Å². The van der Waals surface area contributed by atoms with Crippen LogP contribution in [0.1, 0.15) is 24.9 Å². The van der Waals surface area contributed by atoms with Gasteiger partial charge in [-0.25, -0.2) is 0 Å². The molecular weight excluding hydrogens is 204 g/mol. The number of carbonyl (C=O) groups is 2. The summed E-state index contributed by atoms with van der Waals surface area (Å²) in [6.07, 6.45) is 0.250. The fourth-order valence-electron chi connectivity index (χ4n) is 1.47. The van der Waals surface area contributed by atoms with Crippen molar-refractivity contribution in [2.75, 3.05) is 7.05 Å². The van der Waals surface area contributed by atoms with Gasteiger partial charge in [-0.2, -0.15) is 0 Å². The van der Waals surface area contributed by atoms with Gasteiger partial charge in [-0.1, -0.05) is 30.3 Å². The summed E-state index contributed by atoms with van der Waals surface area (Å²) >= 11 is 0. The molecule has 0 aliphatic carbocycles. The smallest absolute Gasteiger partial charge is 0.222 e. The topological polar surface area (TPSA) is 58.2 Å². The summed E-state index contributed by atoms with van der Waals surface area (Å²) in [5.74, 6) is -0.236. The molecule has 16 heavy (non-hydrogen) atoms. The predicted octanol–water partition coefficient (Wildman–Crippen LogP) is 1.000. The Kier molecular flexibility index (Phi) is 4.51. The van der Waals surface area contributed by atoms with Gasteiger partial charge in [-0.05, 0) is 5.56 Å². The van der Waals surface area contributed by atoms with Crippen molar-refractivity contribution in [3.05, 3.63) is 35.9 Å². The van der Waals surface area contributed by atoms with Crippen LogP contribution in [0.15, 0.2) is 30.3 Å². The Morgan fingerprint density at radius 2 is 1.88 bits per heavy atom. The standard InChI is InChI=1S/C12H16N2O2/c1-9(15)14-11(8-12(16)13-2)10-6-4-3-5-7-10/h3-7,11H,8H2,1-2H3,(H,13,16)(H,14,15). The summed E-state index contributed by atoms with van der Waals surface area (Å²) in [7, 11) is 1.58. The van der Waals surface area contributed by atoms with Crippen LogP contribution < -0.4 is 10.6 Å². The van der Waals surface area contributed by atoms with Gasteiger partial charge in [-0.3, -0.25) is 9.59 Å². The third-order valence-corrected chi connectivity index (χ3v) is 2.25. The fourth-order valence-corrected chi connectivity index (χ4v) is 1.47.